The molecule has 1 fully saturated rings. The lowest BCUT2D eigenvalue weighted by atomic mass is 10.0. The van der Waals surface area contributed by atoms with Crippen LogP contribution in [0, 0.1) is 6.92 Å². The molecule has 0 saturated carbocycles. The average molecular weight is 539 g/mol. The number of aryl methyl sites for hydroxylation is 1. The van der Waals surface area contributed by atoms with Crippen molar-refractivity contribution in [3.8, 4) is 0 Å². The molecule has 2 aromatic carbocycles. The molecule has 2 aliphatic rings. The second kappa shape index (κ2) is 10.4. The molecule has 10 heteroatoms. The Morgan fingerprint density at radius 3 is 2.51 bits per heavy atom. The van der Waals surface area contributed by atoms with Crippen molar-refractivity contribution in [3.63, 3.8) is 0 Å². The molecule has 0 spiro atoms. The summed E-state index contributed by atoms with van der Waals surface area (Å²) in [6.07, 6.45) is 1.66. The molecule has 1 aromatic heterocycles. The molecule has 3 aromatic rings. The normalized spacial score (nSPS) is 18.5. The SMILES string of the molecule is Cc1ccc(S(=O)(=O)N2CCCC2C(=O)Nc2sc3c(c2C(N)=O)CCN(Cc2ccccc2)C3)cc1. The number of amides is 2. The summed E-state index contributed by atoms with van der Waals surface area (Å²) in [6.45, 7) is 4.38. The van der Waals surface area contributed by atoms with Crippen LogP contribution < -0.4 is 11.1 Å². The minimum atomic E-state index is -3.83. The first-order chi connectivity index (χ1) is 17.7. The van der Waals surface area contributed by atoms with Crippen LogP contribution in [0.5, 0.6) is 0 Å². The van der Waals surface area contributed by atoms with Gasteiger partial charge in [0.25, 0.3) is 5.91 Å². The monoisotopic (exact) mass is 538 g/mol. The van der Waals surface area contributed by atoms with Crippen molar-refractivity contribution in [2.24, 2.45) is 5.73 Å². The van der Waals surface area contributed by atoms with Gasteiger partial charge in [-0.2, -0.15) is 4.31 Å². The smallest absolute Gasteiger partial charge is 0.251 e. The number of rotatable bonds is 7. The molecule has 5 rings (SSSR count). The Morgan fingerprint density at radius 1 is 1.08 bits per heavy atom. The molecule has 1 saturated heterocycles. The van der Waals surface area contributed by atoms with Crippen LogP contribution in [0.2, 0.25) is 0 Å². The summed E-state index contributed by atoms with van der Waals surface area (Å²) in [7, 11) is -3.83. The lowest BCUT2D eigenvalue weighted by Gasteiger charge is -2.27. The van der Waals surface area contributed by atoms with Gasteiger partial charge in [0.2, 0.25) is 15.9 Å². The summed E-state index contributed by atoms with van der Waals surface area (Å²) < 4.78 is 27.9. The summed E-state index contributed by atoms with van der Waals surface area (Å²) >= 11 is 1.36. The van der Waals surface area contributed by atoms with Gasteiger partial charge >= 0.3 is 0 Å². The lowest BCUT2D eigenvalue weighted by Crippen LogP contribution is -2.43. The Labute approximate surface area is 221 Å². The van der Waals surface area contributed by atoms with Gasteiger partial charge < -0.3 is 11.1 Å². The number of thiophene rings is 1. The van der Waals surface area contributed by atoms with Crippen LogP contribution in [-0.2, 0) is 34.3 Å². The fraction of sp³-hybridized carbons (Fsp3) is 0.333. The van der Waals surface area contributed by atoms with Gasteiger partial charge in [-0.25, -0.2) is 8.42 Å². The summed E-state index contributed by atoms with van der Waals surface area (Å²) in [5, 5.41) is 3.28. The van der Waals surface area contributed by atoms with E-state index in [0.29, 0.717) is 36.4 Å². The fourth-order valence-electron chi connectivity index (χ4n) is 5.11. The van der Waals surface area contributed by atoms with E-state index >= 15 is 0 Å². The van der Waals surface area contributed by atoms with E-state index in [1.54, 1.807) is 24.3 Å². The van der Waals surface area contributed by atoms with E-state index in [2.05, 4.69) is 22.3 Å². The molecule has 8 nitrogen and oxygen atoms in total. The largest absolute Gasteiger partial charge is 0.365 e. The van der Waals surface area contributed by atoms with Gasteiger partial charge in [-0.1, -0.05) is 48.0 Å². The summed E-state index contributed by atoms with van der Waals surface area (Å²) in [5.74, 6) is -1.02. The number of benzene rings is 2. The second-order valence-corrected chi connectivity index (χ2v) is 12.6. The number of carbonyl (C=O) groups is 2. The molecule has 2 amide bonds. The topological polar surface area (TPSA) is 113 Å². The number of sulfonamides is 1. The first-order valence-electron chi connectivity index (χ1n) is 12.3. The Hall–Kier alpha value is -3.05. The molecular formula is C27H30N4O4S2. The fourth-order valence-corrected chi connectivity index (χ4v) is 8.07. The van der Waals surface area contributed by atoms with Crippen molar-refractivity contribution < 1.29 is 18.0 Å². The standard InChI is InChI=1S/C27H30N4O4S2/c1-18-9-11-20(12-10-18)37(34,35)31-14-5-8-22(31)26(33)29-27-24(25(28)32)21-13-15-30(17-23(21)36-27)16-19-6-3-2-4-7-19/h2-4,6-7,9-12,22H,5,8,13-17H2,1H3,(H2,28,32)(H,29,33). The highest BCUT2D eigenvalue weighted by molar-refractivity contribution is 7.89. The predicted molar refractivity (Wildman–Crippen MR) is 144 cm³/mol. The molecule has 3 heterocycles. The van der Waals surface area contributed by atoms with Crippen LogP contribution in [0.4, 0.5) is 5.00 Å². The van der Waals surface area contributed by atoms with E-state index in [1.807, 2.05) is 25.1 Å². The highest BCUT2D eigenvalue weighted by atomic mass is 32.2. The van der Waals surface area contributed by atoms with Crippen LogP contribution >= 0.6 is 11.3 Å². The van der Waals surface area contributed by atoms with Gasteiger partial charge in [0.1, 0.15) is 11.0 Å². The van der Waals surface area contributed by atoms with E-state index in [4.69, 9.17) is 5.73 Å². The lowest BCUT2D eigenvalue weighted by molar-refractivity contribution is -0.119. The Bertz CT molecular complexity index is 1420. The highest BCUT2D eigenvalue weighted by Crippen LogP contribution is 2.38. The maximum atomic E-state index is 13.4. The highest BCUT2D eigenvalue weighted by Gasteiger charge is 2.40. The predicted octanol–water partition coefficient (Wildman–Crippen LogP) is 3.51. The number of hydrogen-bond acceptors (Lipinski definition) is 6. The number of hydrogen-bond donors (Lipinski definition) is 2. The van der Waals surface area contributed by atoms with Gasteiger partial charge in [-0.3, -0.25) is 14.5 Å². The quantitative estimate of drug-likeness (QED) is 0.478. The number of fused-ring (bicyclic) bond motifs is 1. The average Bonchev–Trinajstić information content (AvgIpc) is 3.50. The molecule has 1 atom stereocenters. The first-order valence-corrected chi connectivity index (χ1v) is 14.6. The van der Waals surface area contributed by atoms with Crippen molar-refractivity contribution in [2.45, 2.75) is 50.2 Å². The van der Waals surface area contributed by atoms with E-state index < -0.39 is 27.9 Å². The van der Waals surface area contributed by atoms with Crippen LogP contribution in [-0.4, -0.2) is 48.6 Å². The van der Waals surface area contributed by atoms with Gasteiger partial charge in [0.05, 0.1) is 10.5 Å². The number of primary amides is 1. The van der Waals surface area contributed by atoms with Crippen molar-refractivity contribution in [1.29, 1.82) is 0 Å². The molecule has 0 aliphatic carbocycles. The maximum Gasteiger partial charge on any atom is 0.251 e. The molecule has 194 valence electrons. The third-order valence-corrected chi connectivity index (χ3v) is 10.1. The summed E-state index contributed by atoms with van der Waals surface area (Å²) in [6, 6.07) is 16.0. The molecule has 0 radical (unpaired) electrons. The number of carbonyl (C=O) groups excluding carboxylic acids is 2. The molecule has 37 heavy (non-hydrogen) atoms. The number of nitrogens with two attached hydrogens (primary N) is 1. The summed E-state index contributed by atoms with van der Waals surface area (Å²) in [5.41, 5.74) is 9.15. The number of nitrogens with one attached hydrogen (secondary N) is 1. The third-order valence-electron chi connectivity index (χ3n) is 7.00. The Morgan fingerprint density at radius 2 is 1.81 bits per heavy atom. The van der Waals surface area contributed by atoms with Gasteiger partial charge in [0, 0.05) is 31.1 Å². The molecule has 1 unspecified atom stereocenters. The van der Waals surface area contributed by atoms with Crippen molar-refractivity contribution >= 4 is 38.2 Å². The first kappa shape index (κ1) is 25.6. The van der Waals surface area contributed by atoms with Crippen LogP contribution in [0.3, 0.4) is 0 Å². The van der Waals surface area contributed by atoms with Crippen LogP contribution in [0.1, 0.15) is 44.8 Å². The molecular weight excluding hydrogens is 508 g/mol. The third kappa shape index (κ3) is 5.19. The zero-order valence-electron chi connectivity index (χ0n) is 20.6. The summed E-state index contributed by atoms with van der Waals surface area (Å²) in [4.78, 5) is 29.3. The van der Waals surface area contributed by atoms with Crippen molar-refractivity contribution in [3.05, 3.63) is 81.7 Å². The van der Waals surface area contributed by atoms with Crippen molar-refractivity contribution in [2.75, 3.05) is 18.4 Å². The molecule has 3 N–H and O–H groups in total. The molecule has 2 aliphatic heterocycles. The maximum absolute atomic E-state index is 13.4. The van der Waals surface area contributed by atoms with Crippen LogP contribution in [0.15, 0.2) is 59.5 Å². The Kier molecular flexibility index (Phi) is 7.17. The minimum absolute atomic E-state index is 0.167. The van der Waals surface area contributed by atoms with Crippen molar-refractivity contribution in [1.82, 2.24) is 9.21 Å². The van der Waals surface area contributed by atoms with Crippen LogP contribution in [0.25, 0.3) is 0 Å². The second-order valence-electron chi connectivity index (χ2n) is 9.59. The van der Waals surface area contributed by atoms with Gasteiger partial charge in [0.15, 0.2) is 0 Å². The van der Waals surface area contributed by atoms with E-state index in [-0.39, 0.29) is 11.4 Å². The van der Waals surface area contributed by atoms with E-state index in [0.717, 1.165) is 29.1 Å². The minimum Gasteiger partial charge on any atom is -0.365 e. The number of nitrogens with zero attached hydrogens (tertiary/aromatic N) is 2. The zero-order valence-corrected chi connectivity index (χ0v) is 22.3. The number of anilines is 1. The Balaban J connectivity index is 1.36. The van der Waals surface area contributed by atoms with Gasteiger partial charge in [-0.05, 0) is 49.4 Å². The van der Waals surface area contributed by atoms with Gasteiger partial charge in [-0.15, -0.1) is 11.3 Å². The zero-order chi connectivity index (χ0) is 26.2. The van der Waals surface area contributed by atoms with E-state index in [1.165, 1.54) is 21.2 Å². The van der Waals surface area contributed by atoms with E-state index in [9.17, 15) is 18.0 Å². The molecule has 0 bridgehead atoms.